The van der Waals surface area contributed by atoms with Gasteiger partial charge in [-0.05, 0) is 19.1 Å². The zero-order valence-corrected chi connectivity index (χ0v) is 10.9. The second-order valence-corrected chi connectivity index (χ2v) is 4.76. The fraction of sp³-hybridized carbons (Fsp3) is 0.167. The lowest BCUT2D eigenvalue weighted by atomic mass is 10.3. The number of thiazole rings is 1. The lowest BCUT2D eigenvalue weighted by molar-refractivity contribution is 0.251. The maximum absolute atomic E-state index is 13.3. The van der Waals surface area contributed by atoms with E-state index in [1.165, 1.54) is 11.3 Å². The first kappa shape index (κ1) is 13.4. The summed E-state index contributed by atoms with van der Waals surface area (Å²) in [5, 5.41) is 7.36. The van der Waals surface area contributed by atoms with E-state index in [1.807, 2.05) is 12.3 Å². The number of carbonyl (C=O) groups is 1. The molecule has 19 heavy (non-hydrogen) atoms. The van der Waals surface area contributed by atoms with Gasteiger partial charge in [0, 0.05) is 17.1 Å². The van der Waals surface area contributed by atoms with Crippen molar-refractivity contribution >= 4 is 23.1 Å². The number of carbonyl (C=O) groups excluding carboxylic acids is 1. The van der Waals surface area contributed by atoms with Crippen LogP contribution in [0.1, 0.15) is 10.7 Å². The van der Waals surface area contributed by atoms with Crippen LogP contribution in [0.5, 0.6) is 0 Å². The number of benzene rings is 1. The van der Waals surface area contributed by atoms with E-state index < -0.39 is 17.7 Å². The molecule has 0 fully saturated rings. The molecule has 2 aromatic rings. The molecule has 2 amide bonds. The van der Waals surface area contributed by atoms with E-state index in [0.717, 1.165) is 28.9 Å². The number of aromatic nitrogens is 1. The summed E-state index contributed by atoms with van der Waals surface area (Å²) in [6, 6.07) is 2.24. The molecular weight excluding hydrogens is 272 g/mol. The van der Waals surface area contributed by atoms with Crippen molar-refractivity contribution in [3.63, 3.8) is 0 Å². The lowest BCUT2D eigenvalue weighted by Gasteiger charge is -2.07. The lowest BCUT2D eigenvalue weighted by Crippen LogP contribution is -2.28. The van der Waals surface area contributed by atoms with Gasteiger partial charge in [-0.15, -0.1) is 11.3 Å². The zero-order chi connectivity index (χ0) is 13.8. The number of amides is 2. The average Bonchev–Trinajstić information content (AvgIpc) is 2.77. The predicted octanol–water partition coefficient (Wildman–Crippen LogP) is 3.05. The first-order valence-corrected chi connectivity index (χ1v) is 6.33. The first-order valence-electron chi connectivity index (χ1n) is 5.45. The number of urea groups is 1. The van der Waals surface area contributed by atoms with Crippen LogP contribution in [0.15, 0.2) is 23.6 Å². The Labute approximate surface area is 112 Å². The molecule has 4 nitrogen and oxygen atoms in total. The van der Waals surface area contributed by atoms with Crippen molar-refractivity contribution in [3.05, 3.63) is 45.9 Å². The van der Waals surface area contributed by atoms with E-state index in [1.54, 1.807) is 0 Å². The molecule has 2 rings (SSSR count). The molecule has 0 unspecified atom stereocenters. The van der Waals surface area contributed by atoms with Crippen LogP contribution in [-0.2, 0) is 6.54 Å². The predicted molar refractivity (Wildman–Crippen MR) is 69.1 cm³/mol. The van der Waals surface area contributed by atoms with Crippen LogP contribution in [0.2, 0.25) is 0 Å². The highest BCUT2D eigenvalue weighted by Crippen LogP contribution is 2.15. The Morgan fingerprint density at radius 3 is 2.89 bits per heavy atom. The van der Waals surface area contributed by atoms with Crippen LogP contribution in [-0.4, -0.2) is 11.0 Å². The Bertz CT molecular complexity index is 600. The molecule has 0 aliphatic rings. The van der Waals surface area contributed by atoms with Crippen molar-refractivity contribution in [1.82, 2.24) is 10.3 Å². The molecule has 0 atom stereocenters. The third-order valence-corrected chi connectivity index (χ3v) is 3.21. The number of rotatable bonds is 3. The maximum Gasteiger partial charge on any atom is 0.319 e. The topological polar surface area (TPSA) is 54.0 Å². The molecule has 0 bridgehead atoms. The van der Waals surface area contributed by atoms with E-state index in [-0.39, 0.29) is 12.2 Å². The van der Waals surface area contributed by atoms with Gasteiger partial charge in [0.25, 0.3) is 0 Å². The van der Waals surface area contributed by atoms with Crippen molar-refractivity contribution in [2.75, 3.05) is 5.32 Å². The van der Waals surface area contributed by atoms with Crippen LogP contribution in [0.25, 0.3) is 0 Å². The summed E-state index contributed by atoms with van der Waals surface area (Å²) in [6.07, 6.45) is 0. The molecule has 0 saturated heterocycles. The van der Waals surface area contributed by atoms with Crippen molar-refractivity contribution in [2.24, 2.45) is 0 Å². The molecule has 2 N–H and O–H groups in total. The molecule has 0 aliphatic carbocycles. The van der Waals surface area contributed by atoms with Gasteiger partial charge < -0.3 is 10.6 Å². The summed E-state index contributed by atoms with van der Waals surface area (Å²) in [5.74, 6) is -1.31. The number of nitrogens with one attached hydrogen (secondary N) is 2. The van der Waals surface area contributed by atoms with E-state index in [4.69, 9.17) is 0 Å². The molecule has 7 heteroatoms. The standard InChI is InChI=1S/C12H11F2N3OS/c1-7-6-19-11(16-7)5-15-12(18)17-10-4-8(13)2-3-9(10)14/h2-4,6H,5H2,1H3,(H2,15,17,18). The fourth-order valence-corrected chi connectivity index (χ4v) is 2.11. The minimum atomic E-state index is -0.693. The molecule has 1 aromatic carbocycles. The molecule has 100 valence electrons. The van der Waals surface area contributed by atoms with Gasteiger partial charge in [0.05, 0.1) is 12.2 Å². The van der Waals surface area contributed by atoms with Gasteiger partial charge >= 0.3 is 6.03 Å². The highest BCUT2D eigenvalue weighted by Gasteiger charge is 2.08. The molecule has 1 heterocycles. The van der Waals surface area contributed by atoms with Gasteiger partial charge in [-0.1, -0.05) is 0 Å². The average molecular weight is 283 g/mol. The number of halogens is 2. The number of aryl methyl sites for hydroxylation is 1. The zero-order valence-electron chi connectivity index (χ0n) is 10.0. The van der Waals surface area contributed by atoms with Crippen LogP contribution in [0, 0.1) is 18.6 Å². The normalized spacial score (nSPS) is 10.3. The monoisotopic (exact) mass is 283 g/mol. The third kappa shape index (κ3) is 3.72. The third-order valence-electron chi connectivity index (χ3n) is 2.24. The second kappa shape index (κ2) is 5.75. The summed E-state index contributed by atoms with van der Waals surface area (Å²) in [5.41, 5.74) is 0.672. The molecule has 0 spiro atoms. The van der Waals surface area contributed by atoms with E-state index in [0.29, 0.717) is 0 Å². The van der Waals surface area contributed by atoms with Crippen molar-refractivity contribution in [1.29, 1.82) is 0 Å². The minimum Gasteiger partial charge on any atom is -0.331 e. The van der Waals surface area contributed by atoms with Gasteiger partial charge in [0.1, 0.15) is 16.6 Å². The van der Waals surface area contributed by atoms with E-state index in [2.05, 4.69) is 15.6 Å². The van der Waals surface area contributed by atoms with Gasteiger partial charge in [0.2, 0.25) is 0 Å². The quantitative estimate of drug-likeness (QED) is 0.909. The summed E-state index contributed by atoms with van der Waals surface area (Å²) in [7, 11) is 0. The van der Waals surface area contributed by atoms with E-state index in [9.17, 15) is 13.6 Å². The maximum atomic E-state index is 13.3. The largest absolute Gasteiger partial charge is 0.331 e. The molecule has 0 saturated carbocycles. The van der Waals surface area contributed by atoms with E-state index >= 15 is 0 Å². The minimum absolute atomic E-state index is 0.201. The Morgan fingerprint density at radius 1 is 1.42 bits per heavy atom. The molecule has 0 aliphatic heterocycles. The van der Waals surface area contributed by atoms with Crippen molar-refractivity contribution < 1.29 is 13.6 Å². The van der Waals surface area contributed by atoms with Gasteiger partial charge in [0.15, 0.2) is 0 Å². The first-order chi connectivity index (χ1) is 9.04. The van der Waals surface area contributed by atoms with Crippen LogP contribution in [0.4, 0.5) is 19.3 Å². The van der Waals surface area contributed by atoms with Crippen LogP contribution in [0.3, 0.4) is 0 Å². The summed E-state index contributed by atoms with van der Waals surface area (Å²) < 4.78 is 26.2. The van der Waals surface area contributed by atoms with Gasteiger partial charge in [-0.2, -0.15) is 0 Å². The smallest absolute Gasteiger partial charge is 0.319 e. The van der Waals surface area contributed by atoms with Crippen LogP contribution >= 0.6 is 11.3 Å². The Hall–Kier alpha value is -2.02. The SMILES string of the molecule is Cc1csc(CNC(=O)Nc2cc(F)ccc2F)n1. The molecule has 1 aromatic heterocycles. The second-order valence-electron chi connectivity index (χ2n) is 3.81. The molecule has 0 radical (unpaired) electrons. The van der Waals surface area contributed by atoms with Gasteiger partial charge in [-0.3, -0.25) is 0 Å². The summed E-state index contributed by atoms with van der Waals surface area (Å²) in [6.45, 7) is 2.09. The fourth-order valence-electron chi connectivity index (χ4n) is 1.40. The highest BCUT2D eigenvalue weighted by molar-refractivity contribution is 7.09. The summed E-state index contributed by atoms with van der Waals surface area (Å²) in [4.78, 5) is 15.7. The van der Waals surface area contributed by atoms with Crippen molar-refractivity contribution in [3.8, 4) is 0 Å². The summed E-state index contributed by atoms with van der Waals surface area (Å²) >= 11 is 1.42. The van der Waals surface area contributed by atoms with Crippen molar-refractivity contribution in [2.45, 2.75) is 13.5 Å². The Morgan fingerprint density at radius 2 is 2.21 bits per heavy atom. The Balaban J connectivity index is 1.92. The Kier molecular flexibility index (Phi) is 4.06. The number of nitrogens with zero attached hydrogens (tertiary/aromatic N) is 1. The molecular formula is C12H11F2N3OS. The van der Waals surface area contributed by atoms with Crippen LogP contribution < -0.4 is 10.6 Å². The highest BCUT2D eigenvalue weighted by atomic mass is 32.1. The number of anilines is 1. The number of hydrogen-bond acceptors (Lipinski definition) is 3. The van der Waals surface area contributed by atoms with Gasteiger partial charge in [-0.25, -0.2) is 18.6 Å². The number of hydrogen-bond donors (Lipinski definition) is 2.